The Balaban J connectivity index is 1.40. The molecule has 0 aromatic carbocycles. The number of rotatable bonds is 7. The van der Waals surface area contributed by atoms with Crippen molar-refractivity contribution in [2.24, 2.45) is 5.16 Å². The van der Waals surface area contributed by atoms with Gasteiger partial charge in [0.05, 0.1) is 11.9 Å². The molecule has 1 fully saturated rings. The maximum Gasteiger partial charge on any atom is 0.278 e. The fourth-order valence-corrected chi connectivity index (χ4v) is 5.68. The van der Waals surface area contributed by atoms with E-state index >= 15 is 0 Å². The lowest BCUT2D eigenvalue weighted by molar-refractivity contribution is -0.145. The summed E-state index contributed by atoms with van der Waals surface area (Å²) >= 11 is 6.30. The van der Waals surface area contributed by atoms with Gasteiger partial charge in [-0.15, -0.1) is 11.8 Å². The van der Waals surface area contributed by atoms with E-state index in [1.807, 2.05) is 0 Å². The standard InChI is InChI=1S/C19H17N9O4S3/c1-2-32-25-11(14-24-19(20)35-26-14)15(29)23-12-16(30)28-13(18(31)33)8(7-34-17(12)28)9-4-6-27-10(22-9)3-5-21-27/h3-6,12,17H,2,7H2,1H3,(H,23,29)(H,31,33)(H2,20,24,26)/t12-,17-/m1/s1. The van der Waals surface area contributed by atoms with Crippen molar-refractivity contribution in [3.63, 3.8) is 0 Å². The fourth-order valence-electron chi connectivity index (χ4n) is 3.65. The largest absolute Gasteiger partial charge is 0.395 e. The van der Waals surface area contributed by atoms with Gasteiger partial charge in [0.25, 0.3) is 11.8 Å². The first-order valence-electron chi connectivity index (χ1n) is 10.2. The molecule has 0 aliphatic carbocycles. The number of hydrogen-bond acceptors (Lipinski definition) is 12. The summed E-state index contributed by atoms with van der Waals surface area (Å²) in [4.78, 5) is 53.4. The van der Waals surface area contributed by atoms with Crippen LogP contribution in [0.4, 0.5) is 5.13 Å². The number of β-lactam (4-membered cyclic amide) rings is 1. The molecule has 2 atom stereocenters. The first-order valence-corrected chi connectivity index (χ1v) is 12.5. The van der Waals surface area contributed by atoms with Crippen molar-refractivity contribution in [3.8, 4) is 0 Å². The molecule has 35 heavy (non-hydrogen) atoms. The SMILES string of the molecule is CCON=C(C(=O)N[C@@H]1C(=O)N2C(C(=O)S)=C(c3ccn4nccc4n3)CS[C@H]12)c1nsc(N)n1. The van der Waals surface area contributed by atoms with Gasteiger partial charge in [0.15, 0.2) is 10.8 Å². The van der Waals surface area contributed by atoms with E-state index in [0.29, 0.717) is 22.7 Å². The van der Waals surface area contributed by atoms with Crippen LogP contribution in [0.1, 0.15) is 18.4 Å². The van der Waals surface area contributed by atoms with Gasteiger partial charge in [0.1, 0.15) is 23.7 Å². The Hall–Kier alpha value is -3.50. The number of aromatic nitrogens is 5. The number of nitrogens with one attached hydrogen (secondary N) is 1. The van der Waals surface area contributed by atoms with Crippen molar-refractivity contribution >= 4 is 74.9 Å². The maximum atomic E-state index is 13.1. The van der Waals surface area contributed by atoms with Gasteiger partial charge in [0.2, 0.25) is 16.7 Å². The summed E-state index contributed by atoms with van der Waals surface area (Å²) in [6.07, 6.45) is 3.34. The van der Waals surface area contributed by atoms with Gasteiger partial charge in [0, 0.05) is 35.1 Å². The Kier molecular flexibility index (Phi) is 6.16. The lowest BCUT2D eigenvalue weighted by Gasteiger charge is -2.49. The second kappa shape index (κ2) is 9.27. The Labute approximate surface area is 211 Å². The molecule has 0 bridgehead atoms. The van der Waals surface area contributed by atoms with E-state index in [0.717, 1.165) is 11.5 Å². The van der Waals surface area contributed by atoms with Gasteiger partial charge in [-0.05, 0) is 13.0 Å². The molecule has 3 aromatic rings. The highest BCUT2D eigenvalue weighted by Crippen LogP contribution is 2.43. The average Bonchev–Trinajstić information content (AvgIpc) is 3.50. The smallest absolute Gasteiger partial charge is 0.278 e. The Morgan fingerprint density at radius 1 is 1.37 bits per heavy atom. The van der Waals surface area contributed by atoms with Crippen LogP contribution >= 0.6 is 35.9 Å². The Bertz CT molecular complexity index is 1420. The highest BCUT2D eigenvalue weighted by molar-refractivity contribution is 8.00. The molecule has 0 unspecified atom stereocenters. The lowest BCUT2D eigenvalue weighted by atomic mass is 10.0. The minimum atomic E-state index is -0.898. The molecule has 0 spiro atoms. The summed E-state index contributed by atoms with van der Waals surface area (Å²) in [6, 6.07) is 2.56. The monoisotopic (exact) mass is 531 g/mol. The van der Waals surface area contributed by atoms with Gasteiger partial charge < -0.3 is 15.9 Å². The van der Waals surface area contributed by atoms with Gasteiger partial charge in [-0.2, -0.15) is 14.5 Å². The van der Waals surface area contributed by atoms with Crippen molar-refractivity contribution < 1.29 is 19.2 Å². The van der Waals surface area contributed by atoms with Crippen LogP contribution in [0, 0.1) is 0 Å². The van der Waals surface area contributed by atoms with Crippen molar-refractivity contribution in [1.82, 2.24) is 34.2 Å². The predicted octanol–water partition coefficient (Wildman–Crippen LogP) is 0.171. The number of amides is 2. The minimum absolute atomic E-state index is 0.00637. The molecule has 2 aliphatic heterocycles. The lowest BCUT2D eigenvalue weighted by Crippen LogP contribution is -2.70. The molecule has 1 saturated heterocycles. The number of fused-ring (bicyclic) bond motifs is 2. The van der Waals surface area contributed by atoms with Gasteiger partial charge in [-0.1, -0.05) is 17.8 Å². The zero-order valence-electron chi connectivity index (χ0n) is 18.0. The van der Waals surface area contributed by atoms with E-state index in [1.165, 1.54) is 16.7 Å². The zero-order valence-corrected chi connectivity index (χ0v) is 20.5. The van der Waals surface area contributed by atoms with Crippen LogP contribution in [-0.4, -0.2) is 75.3 Å². The second-order valence-electron chi connectivity index (χ2n) is 7.25. The summed E-state index contributed by atoms with van der Waals surface area (Å²) in [5.41, 5.74) is 7.28. The van der Waals surface area contributed by atoms with Gasteiger partial charge in [-0.25, -0.2) is 9.50 Å². The van der Waals surface area contributed by atoms with Crippen LogP contribution in [0.2, 0.25) is 0 Å². The van der Waals surface area contributed by atoms with Crippen LogP contribution in [-0.2, 0) is 19.2 Å². The molecule has 2 amide bonds. The topological polar surface area (TPSA) is 170 Å². The molecule has 0 saturated carbocycles. The summed E-state index contributed by atoms with van der Waals surface area (Å²) < 4.78 is 5.59. The maximum absolute atomic E-state index is 13.1. The van der Waals surface area contributed by atoms with Gasteiger partial charge in [-0.3, -0.25) is 19.3 Å². The van der Waals surface area contributed by atoms with E-state index in [2.05, 4.69) is 42.5 Å². The van der Waals surface area contributed by atoms with Gasteiger partial charge >= 0.3 is 0 Å². The number of nitrogen functional groups attached to an aromatic ring is 1. The third-order valence-corrected chi connectivity index (χ3v) is 7.21. The van der Waals surface area contributed by atoms with E-state index in [9.17, 15) is 14.4 Å². The minimum Gasteiger partial charge on any atom is -0.395 e. The number of carbonyl (C=O) groups excluding carboxylic acids is 3. The number of hydrogen-bond donors (Lipinski definition) is 3. The fraction of sp³-hybridized carbons (Fsp3) is 0.263. The molecule has 2 aliphatic rings. The highest BCUT2D eigenvalue weighted by Gasteiger charge is 2.54. The second-order valence-corrected chi connectivity index (χ2v) is 9.55. The van der Waals surface area contributed by atoms with Crippen molar-refractivity contribution in [1.29, 1.82) is 0 Å². The van der Waals surface area contributed by atoms with E-state index in [-0.39, 0.29) is 29.0 Å². The van der Waals surface area contributed by atoms with Crippen LogP contribution in [0.15, 0.2) is 35.4 Å². The number of anilines is 1. The Morgan fingerprint density at radius 2 is 2.20 bits per heavy atom. The van der Waals surface area contributed by atoms with E-state index in [4.69, 9.17) is 10.6 Å². The third-order valence-electron chi connectivity index (χ3n) is 5.18. The number of oxime groups is 1. The van der Waals surface area contributed by atoms with Crippen LogP contribution in [0.5, 0.6) is 0 Å². The molecule has 16 heteroatoms. The molecule has 13 nitrogen and oxygen atoms in total. The van der Waals surface area contributed by atoms with Crippen LogP contribution in [0.3, 0.4) is 0 Å². The first kappa shape index (κ1) is 23.3. The van der Waals surface area contributed by atoms with Crippen LogP contribution in [0.25, 0.3) is 11.2 Å². The highest BCUT2D eigenvalue weighted by atomic mass is 32.2. The molecule has 0 radical (unpaired) electrons. The summed E-state index contributed by atoms with van der Waals surface area (Å²) in [6.45, 7) is 1.92. The number of thiol groups is 1. The quantitative estimate of drug-likeness (QED) is 0.165. The van der Waals surface area contributed by atoms with Crippen molar-refractivity contribution in [2.45, 2.75) is 18.3 Å². The molecular formula is C19H17N9O4S3. The van der Waals surface area contributed by atoms with Crippen molar-refractivity contribution in [2.75, 3.05) is 18.1 Å². The normalized spacial score (nSPS) is 20.0. The van der Waals surface area contributed by atoms with Crippen molar-refractivity contribution in [3.05, 3.63) is 41.7 Å². The molecule has 5 rings (SSSR count). The summed E-state index contributed by atoms with van der Waals surface area (Å²) in [5.74, 6) is -0.786. The number of carbonyl (C=O) groups is 3. The number of thioether (sulfide) groups is 1. The molecule has 5 heterocycles. The molecule has 3 aromatic heterocycles. The molecular weight excluding hydrogens is 514 g/mol. The number of nitrogens with two attached hydrogens (primary N) is 1. The predicted molar refractivity (Wildman–Crippen MR) is 131 cm³/mol. The van der Waals surface area contributed by atoms with E-state index < -0.39 is 28.3 Å². The van der Waals surface area contributed by atoms with E-state index in [1.54, 1.807) is 36.0 Å². The van der Waals surface area contributed by atoms with Crippen LogP contribution < -0.4 is 11.1 Å². The average molecular weight is 532 g/mol. The zero-order chi connectivity index (χ0) is 24.7. The first-order chi connectivity index (χ1) is 16.9. The number of nitrogens with zero attached hydrogens (tertiary/aromatic N) is 7. The summed E-state index contributed by atoms with van der Waals surface area (Å²) in [5, 5.41) is 9.63. The summed E-state index contributed by atoms with van der Waals surface area (Å²) in [7, 11) is 0. The Morgan fingerprint density at radius 3 is 2.91 bits per heavy atom. The third kappa shape index (κ3) is 4.12. The molecule has 3 N–H and O–H groups in total. The molecule has 180 valence electrons.